The minimum absolute atomic E-state index is 0.0545. The van der Waals surface area contributed by atoms with E-state index in [4.69, 9.17) is 11.6 Å². The second kappa shape index (κ2) is 7.74. The molecule has 0 radical (unpaired) electrons. The van der Waals surface area contributed by atoms with E-state index in [2.05, 4.69) is 5.10 Å². The predicted molar refractivity (Wildman–Crippen MR) is 117 cm³/mol. The molecule has 0 bridgehead atoms. The highest BCUT2D eigenvalue weighted by molar-refractivity contribution is 7.91. The molecule has 1 saturated heterocycles. The number of carbonyl (C=O) groups excluding carboxylic acids is 1. The van der Waals surface area contributed by atoms with Gasteiger partial charge in [0, 0.05) is 23.0 Å². The lowest BCUT2D eigenvalue weighted by atomic mass is 10.2. The quantitative estimate of drug-likeness (QED) is 0.585. The van der Waals surface area contributed by atoms with Crippen molar-refractivity contribution >= 4 is 48.9 Å². The number of hydrogen-bond donors (Lipinski definition) is 0. The molecule has 4 rings (SSSR count). The number of hydrogen-bond acceptors (Lipinski definition) is 5. The van der Waals surface area contributed by atoms with Crippen molar-refractivity contribution in [2.24, 2.45) is 0 Å². The van der Waals surface area contributed by atoms with Crippen LogP contribution in [0.4, 0.5) is 0 Å². The third-order valence-electron chi connectivity index (χ3n) is 5.18. The van der Waals surface area contributed by atoms with E-state index in [0.717, 1.165) is 28.0 Å². The minimum Gasteiger partial charge on any atom is -0.334 e. The normalized spacial score (nSPS) is 18.4. The molecule has 1 aliphatic rings. The van der Waals surface area contributed by atoms with Crippen molar-refractivity contribution in [3.8, 4) is 5.69 Å². The highest BCUT2D eigenvalue weighted by Gasteiger charge is 2.35. The molecule has 0 saturated carbocycles. The first-order chi connectivity index (χ1) is 13.8. The number of carbonyl (C=O) groups is 1. The van der Waals surface area contributed by atoms with Gasteiger partial charge in [-0.1, -0.05) is 24.6 Å². The second-order valence-corrected chi connectivity index (χ2v) is 11.1. The van der Waals surface area contributed by atoms with Crippen LogP contribution in [0, 0.1) is 6.92 Å². The molecule has 2 aromatic heterocycles. The highest BCUT2D eigenvalue weighted by Crippen LogP contribution is 2.32. The van der Waals surface area contributed by atoms with Crippen LogP contribution in [0.25, 0.3) is 15.9 Å². The number of fused-ring (bicyclic) bond motifs is 1. The molecule has 1 aliphatic heterocycles. The molecule has 29 heavy (non-hydrogen) atoms. The topological polar surface area (TPSA) is 72.3 Å². The van der Waals surface area contributed by atoms with Gasteiger partial charge < -0.3 is 4.90 Å². The van der Waals surface area contributed by atoms with Gasteiger partial charge in [-0.25, -0.2) is 13.1 Å². The van der Waals surface area contributed by atoms with Crippen LogP contribution in [-0.2, 0) is 9.84 Å². The van der Waals surface area contributed by atoms with Gasteiger partial charge in [0.05, 0.1) is 27.8 Å². The summed E-state index contributed by atoms with van der Waals surface area (Å²) in [6.45, 7) is 4.46. The van der Waals surface area contributed by atoms with Crippen molar-refractivity contribution in [2.45, 2.75) is 32.7 Å². The van der Waals surface area contributed by atoms with Gasteiger partial charge in [-0.2, -0.15) is 5.10 Å². The third kappa shape index (κ3) is 3.93. The van der Waals surface area contributed by atoms with Gasteiger partial charge in [-0.3, -0.25) is 4.79 Å². The summed E-state index contributed by atoms with van der Waals surface area (Å²) in [4.78, 5) is 16.5. The molecule has 0 N–H and O–H groups in total. The summed E-state index contributed by atoms with van der Waals surface area (Å²) in [5.41, 5.74) is 1.67. The van der Waals surface area contributed by atoms with Crippen molar-refractivity contribution in [3.63, 3.8) is 0 Å². The zero-order valence-electron chi connectivity index (χ0n) is 16.3. The van der Waals surface area contributed by atoms with E-state index in [1.807, 2.05) is 42.8 Å². The highest BCUT2D eigenvalue weighted by atomic mass is 35.5. The molecule has 154 valence electrons. The fraction of sp³-hybridized carbons (Fsp3) is 0.400. The Kier molecular flexibility index (Phi) is 5.44. The number of aryl methyl sites for hydroxylation is 1. The summed E-state index contributed by atoms with van der Waals surface area (Å²) < 4.78 is 25.7. The summed E-state index contributed by atoms with van der Waals surface area (Å²) >= 11 is 7.52. The van der Waals surface area contributed by atoms with Crippen molar-refractivity contribution in [1.82, 2.24) is 14.7 Å². The maximum absolute atomic E-state index is 13.3. The first kappa shape index (κ1) is 20.4. The zero-order valence-corrected chi connectivity index (χ0v) is 18.6. The summed E-state index contributed by atoms with van der Waals surface area (Å²) in [5.74, 6) is 0.103. The lowest BCUT2D eigenvalue weighted by molar-refractivity contribution is 0.0702. The predicted octanol–water partition coefficient (Wildman–Crippen LogP) is 4.09. The third-order valence-corrected chi connectivity index (χ3v) is 8.27. The molecule has 0 spiro atoms. The van der Waals surface area contributed by atoms with Crippen molar-refractivity contribution in [3.05, 3.63) is 45.9 Å². The Balaban J connectivity index is 1.72. The number of aromatic nitrogens is 2. The molecule has 9 heteroatoms. The molecule has 1 atom stereocenters. The van der Waals surface area contributed by atoms with Gasteiger partial charge in [0.1, 0.15) is 4.83 Å². The molecule has 3 aromatic rings. The summed E-state index contributed by atoms with van der Waals surface area (Å²) in [7, 11) is -3.06. The van der Waals surface area contributed by atoms with Crippen LogP contribution in [0.3, 0.4) is 0 Å². The second-order valence-electron chi connectivity index (χ2n) is 7.36. The van der Waals surface area contributed by atoms with E-state index >= 15 is 0 Å². The number of rotatable bonds is 5. The SMILES string of the molecule is CCCN(C(=O)c1cc2c(C)nn(-c3cccc(Cl)c3)c2s1)C1CCS(=O)(=O)C1. The average Bonchev–Trinajstić information content (AvgIpc) is 3.34. The average molecular weight is 452 g/mol. The molecular weight excluding hydrogens is 430 g/mol. The Labute approximate surface area is 179 Å². The largest absolute Gasteiger partial charge is 0.334 e. The molecular formula is C20H22ClN3O3S2. The lowest BCUT2D eigenvalue weighted by Gasteiger charge is -2.27. The van der Waals surface area contributed by atoms with Crippen LogP contribution in [0.2, 0.25) is 5.02 Å². The van der Waals surface area contributed by atoms with Crippen LogP contribution >= 0.6 is 22.9 Å². The van der Waals surface area contributed by atoms with Gasteiger partial charge in [-0.05, 0) is 44.0 Å². The van der Waals surface area contributed by atoms with E-state index in [0.29, 0.717) is 22.9 Å². The molecule has 3 heterocycles. The maximum Gasteiger partial charge on any atom is 0.264 e. The number of thiophene rings is 1. The van der Waals surface area contributed by atoms with Crippen molar-refractivity contribution in [1.29, 1.82) is 0 Å². The van der Waals surface area contributed by atoms with Gasteiger partial charge in [0.25, 0.3) is 5.91 Å². The smallest absolute Gasteiger partial charge is 0.264 e. The summed E-state index contributed by atoms with van der Waals surface area (Å²) in [6, 6.07) is 9.05. The number of amides is 1. The fourth-order valence-electron chi connectivity index (χ4n) is 3.79. The van der Waals surface area contributed by atoms with E-state index in [1.165, 1.54) is 11.3 Å². The van der Waals surface area contributed by atoms with Gasteiger partial charge in [0.15, 0.2) is 9.84 Å². The fourth-order valence-corrected chi connectivity index (χ4v) is 6.84. The standard InChI is InChI=1S/C20H22ClN3O3S2/c1-3-8-23(16-7-9-29(26,27)12-16)19(25)18-11-17-13(2)22-24(20(17)28-18)15-6-4-5-14(21)10-15/h4-6,10-11,16H,3,7-9,12H2,1-2H3. The molecule has 6 nitrogen and oxygen atoms in total. The van der Waals surface area contributed by atoms with Gasteiger partial charge in [-0.15, -0.1) is 11.3 Å². The van der Waals surface area contributed by atoms with Gasteiger partial charge >= 0.3 is 0 Å². The van der Waals surface area contributed by atoms with Crippen LogP contribution in [-0.4, -0.2) is 53.1 Å². The van der Waals surface area contributed by atoms with Crippen LogP contribution in [0.1, 0.15) is 35.1 Å². The number of benzene rings is 1. The number of nitrogens with zero attached hydrogens (tertiary/aromatic N) is 3. The Morgan fingerprint density at radius 2 is 2.17 bits per heavy atom. The Hall–Kier alpha value is -1.90. The first-order valence-electron chi connectivity index (χ1n) is 9.55. The van der Waals surface area contributed by atoms with Gasteiger partial charge in [0.2, 0.25) is 0 Å². The van der Waals surface area contributed by atoms with Crippen molar-refractivity contribution < 1.29 is 13.2 Å². The first-order valence-corrected chi connectivity index (χ1v) is 12.6. The van der Waals surface area contributed by atoms with E-state index in [-0.39, 0.29) is 23.5 Å². The van der Waals surface area contributed by atoms with E-state index in [1.54, 1.807) is 11.0 Å². The van der Waals surface area contributed by atoms with Crippen molar-refractivity contribution in [2.75, 3.05) is 18.1 Å². The Morgan fingerprint density at radius 3 is 2.83 bits per heavy atom. The monoisotopic (exact) mass is 451 g/mol. The van der Waals surface area contributed by atoms with E-state index in [9.17, 15) is 13.2 Å². The van der Waals surface area contributed by atoms with Crippen LogP contribution < -0.4 is 0 Å². The zero-order chi connectivity index (χ0) is 20.8. The maximum atomic E-state index is 13.3. The molecule has 1 fully saturated rings. The summed E-state index contributed by atoms with van der Waals surface area (Å²) in [5, 5.41) is 6.15. The minimum atomic E-state index is -3.06. The van der Waals surface area contributed by atoms with Crippen LogP contribution in [0.15, 0.2) is 30.3 Å². The molecule has 1 amide bonds. The molecule has 0 aliphatic carbocycles. The number of halogens is 1. The molecule has 1 aromatic carbocycles. The van der Waals surface area contributed by atoms with E-state index < -0.39 is 9.84 Å². The lowest BCUT2D eigenvalue weighted by Crippen LogP contribution is -2.41. The molecule has 1 unspecified atom stereocenters. The Morgan fingerprint density at radius 1 is 1.38 bits per heavy atom. The Bertz CT molecular complexity index is 1180. The van der Waals surface area contributed by atoms with Crippen LogP contribution in [0.5, 0.6) is 0 Å². The number of sulfone groups is 1. The summed E-state index contributed by atoms with van der Waals surface area (Å²) in [6.07, 6.45) is 1.29.